The minimum absolute atomic E-state index is 0.0813. The zero-order valence-electron chi connectivity index (χ0n) is 12.4. The molecule has 2 aromatic rings. The topological polar surface area (TPSA) is 65.0 Å². The van der Waals surface area contributed by atoms with Crippen LogP contribution in [0.5, 0.6) is 0 Å². The van der Waals surface area contributed by atoms with Crippen molar-refractivity contribution in [2.45, 2.75) is 6.61 Å². The van der Waals surface area contributed by atoms with Crippen molar-refractivity contribution in [3.8, 4) is 0 Å². The van der Waals surface area contributed by atoms with Crippen LogP contribution in [0, 0.1) is 0 Å². The highest BCUT2D eigenvalue weighted by Crippen LogP contribution is 2.12. The van der Waals surface area contributed by atoms with Gasteiger partial charge in [-0.3, -0.25) is 0 Å². The lowest BCUT2D eigenvalue weighted by Gasteiger charge is -2.06. The predicted molar refractivity (Wildman–Crippen MR) is 89.3 cm³/mol. The molecule has 0 saturated carbocycles. The summed E-state index contributed by atoms with van der Waals surface area (Å²) in [7, 11) is 1.23. The second kappa shape index (κ2) is 8.24. The summed E-state index contributed by atoms with van der Waals surface area (Å²) in [5, 5.41) is 0. The van der Waals surface area contributed by atoms with Gasteiger partial charge in [0.05, 0.1) is 7.11 Å². The normalized spacial score (nSPS) is 11.0. The predicted octanol–water partition coefficient (Wildman–Crippen LogP) is 3.75. The molecule has 2 aromatic carbocycles. The zero-order valence-corrected chi connectivity index (χ0v) is 13.9. The van der Waals surface area contributed by atoms with Crippen molar-refractivity contribution in [2.75, 3.05) is 7.11 Å². The summed E-state index contributed by atoms with van der Waals surface area (Å²) >= 11 is 3.30. The Labute approximate surface area is 142 Å². The molecule has 2 rings (SSSR count). The average Bonchev–Trinajstić information content (AvgIpc) is 2.59. The van der Waals surface area contributed by atoms with Gasteiger partial charge < -0.3 is 9.47 Å². The molecule has 0 fully saturated rings. The minimum Gasteiger partial charge on any atom is -0.464 e. The zero-order chi connectivity index (χ0) is 16.7. The monoisotopic (exact) mass is 375 g/mol. The molecule has 0 bridgehead atoms. The van der Waals surface area contributed by atoms with Crippen LogP contribution in [-0.2, 0) is 20.9 Å². The Hall–Kier alpha value is -2.47. The smallest absolute Gasteiger partial charge is 0.434 e. The molecule has 5 nitrogen and oxygen atoms in total. The summed E-state index contributed by atoms with van der Waals surface area (Å²) in [4.78, 5) is 27.4. The molecule has 118 valence electrons. The maximum Gasteiger partial charge on any atom is 0.434 e. The molecule has 0 aliphatic rings. The highest BCUT2D eigenvalue weighted by atomic mass is 79.9. The van der Waals surface area contributed by atoms with Gasteiger partial charge in [-0.15, -0.1) is 0 Å². The Morgan fingerprint density at radius 1 is 1.04 bits per heavy atom. The van der Waals surface area contributed by atoms with Crippen LogP contribution in [0.25, 0.3) is 0 Å². The molecule has 0 aliphatic carbocycles. The number of ether oxygens (including phenoxy) is 2. The third-order valence-electron chi connectivity index (χ3n) is 2.90. The fourth-order valence-electron chi connectivity index (χ4n) is 1.78. The number of methoxy groups -OCH3 is 1. The number of halogens is 1. The van der Waals surface area contributed by atoms with E-state index in [-0.39, 0.29) is 12.3 Å². The third-order valence-corrected chi connectivity index (χ3v) is 3.43. The highest BCUT2D eigenvalue weighted by molar-refractivity contribution is 9.10. The molecular weight excluding hydrogens is 362 g/mol. The van der Waals surface area contributed by atoms with Crippen LogP contribution < -0.4 is 0 Å². The van der Waals surface area contributed by atoms with Crippen molar-refractivity contribution < 1.29 is 19.1 Å². The molecule has 0 unspecified atom stereocenters. The molecule has 0 heterocycles. The van der Waals surface area contributed by atoms with Crippen LogP contribution in [0.3, 0.4) is 0 Å². The van der Waals surface area contributed by atoms with Gasteiger partial charge in [-0.2, -0.15) is 4.99 Å². The van der Waals surface area contributed by atoms with Crippen molar-refractivity contribution in [3.05, 3.63) is 70.2 Å². The van der Waals surface area contributed by atoms with Gasteiger partial charge >= 0.3 is 12.1 Å². The quantitative estimate of drug-likeness (QED) is 0.602. The fraction of sp³-hybridized carbons (Fsp3) is 0.118. The second-order valence-corrected chi connectivity index (χ2v) is 5.41. The van der Waals surface area contributed by atoms with E-state index >= 15 is 0 Å². The average molecular weight is 376 g/mol. The molecule has 0 aliphatic heterocycles. The highest BCUT2D eigenvalue weighted by Gasteiger charge is 2.17. The van der Waals surface area contributed by atoms with E-state index < -0.39 is 12.1 Å². The summed E-state index contributed by atoms with van der Waals surface area (Å²) in [6.45, 7) is 0.0813. The molecule has 0 N–H and O–H groups in total. The van der Waals surface area contributed by atoms with E-state index in [1.807, 2.05) is 30.3 Å². The Kier molecular flexibility index (Phi) is 6.05. The van der Waals surface area contributed by atoms with Crippen LogP contribution in [0.4, 0.5) is 4.79 Å². The van der Waals surface area contributed by atoms with Crippen LogP contribution in [0.1, 0.15) is 11.1 Å². The summed E-state index contributed by atoms with van der Waals surface area (Å²) < 4.78 is 10.6. The van der Waals surface area contributed by atoms with Gasteiger partial charge in [0.1, 0.15) is 6.61 Å². The molecule has 6 heteroatoms. The Morgan fingerprint density at radius 3 is 2.30 bits per heavy atom. The first-order valence-corrected chi connectivity index (χ1v) is 7.53. The molecule has 0 saturated heterocycles. The van der Waals surface area contributed by atoms with Gasteiger partial charge in [0, 0.05) is 10.0 Å². The van der Waals surface area contributed by atoms with Crippen LogP contribution >= 0.6 is 15.9 Å². The summed E-state index contributed by atoms with van der Waals surface area (Å²) in [5.74, 6) is -0.705. The number of amides is 1. The lowest BCUT2D eigenvalue weighted by molar-refractivity contribution is -0.132. The van der Waals surface area contributed by atoms with Crippen LogP contribution in [-0.4, -0.2) is 24.9 Å². The van der Waals surface area contributed by atoms with E-state index in [9.17, 15) is 9.59 Å². The first-order chi connectivity index (χ1) is 11.1. The molecule has 0 aromatic heterocycles. The van der Waals surface area contributed by atoms with Gasteiger partial charge in [0.15, 0.2) is 5.71 Å². The Balaban J connectivity index is 2.14. The first-order valence-electron chi connectivity index (χ1n) is 6.74. The summed E-state index contributed by atoms with van der Waals surface area (Å²) in [5.41, 5.74) is 1.20. The number of carbonyl (C=O) groups excluding carboxylic acids is 2. The van der Waals surface area contributed by atoms with E-state index in [0.717, 1.165) is 10.0 Å². The molecule has 23 heavy (non-hydrogen) atoms. The molecular formula is C17H14BrNO4. The fourth-order valence-corrected chi connectivity index (χ4v) is 2.04. The van der Waals surface area contributed by atoms with Crippen molar-refractivity contribution in [3.63, 3.8) is 0 Å². The Morgan fingerprint density at radius 2 is 1.70 bits per heavy atom. The summed E-state index contributed by atoms with van der Waals surface area (Å²) in [6.07, 6.45) is -0.850. The number of hydrogen-bond acceptors (Lipinski definition) is 4. The van der Waals surface area contributed by atoms with E-state index in [4.69, 9.17) is 4.74 Å². The largest absolute Gasteiger partial charge is 0.464 e. The van der Waals surface area contributed by atoms with E-state index in [0.29, 0.717) is 5.56 Å². The van der Waals surface area contributed by atoms with Gasteiger partial charge in [0.25, 0.3) is 0 Å². The Bertz CT molecular complexity index is 711. The maximum atomic E-state index is 11.9. The second-order valence-electron chi connectivity index (χ2n) is 4.50. The van der Waals surface area contributed by atoms with Gasteiger partial charge in [0.2, 0.25) is 0 Å². The third kappa shape index (κ3) is 5.03. The molecule has 0 radical (unpaired) electrons. The molecule has 1 amide bonds. The molecule has 0 spiro atoms. The van der Waals surface area contributed by atoms with Crippen molar-refractivity contribution in [1.29, 1.82) is 0 Å². The SMILES string of the molecule is COC(=O)/C(=N\C(=O)OCc1ccccc1)c1ccc(Br)cc1. The van der Waals surface area contributed by atoms with Gasteiger partial charge in [-0.25, -0.2) is 9.59 Å². The van der Waals surface area contributed by atoms with Crippen molar-refractivity contribution in [1.82, 2.24) is 0 Å². The number of aliphatic imine (C=N–C) groups is 1. The number of benzene rings is 2. The van der Waals surface area contributed by atoms with Crippen LogP contribution in [0.15, 0.2) is 64.1 Å². The lowest BCUT2D eigenvalue weighted by atomic mass is 10.1. The standard InChI is InChI=1S/C17H14BrNO4/c1-22-16(20)15(13-7-9-14(18)10-8-13)19-17(21)23-11-12-5-3-2-4-6-12/h2-10H,11H2,1H3/b19-15-. The van der Waals surface area contributed by atoms with Crippen molar-refractivity contribution >= 4 is 33.7 Å². The number of hydrogen-bond donors (Lipinski definition) is 0. The minimum atomic E-state index is -0.850. The number of nitrogens with zero attached hydrogens (tertiary/aromatic N) is 1. The van der Waals surface area contributed by atoms with E-state index in [1.165, 1.54) is 7.11 Å². The van der Waals surface area contributed by atoms with Gasteiger partial charge in [-0.1, -0.05) is 58.4 Å². The first kappa shape index (κ1) is 16.9. The van der Waals surface area contributed by atoms with E-state index in [1.54, 1.807) is 24.3 Å². The van der Waals surface area contributed by atoms with Crippen LogP contribution in [0.2, 0.25) is 0 Å². The lowest BCUT2D eigenvalue weighted by Crippen LogP contribution is -2.19. The maximum absolute atomic E-state index is 11.9. The number of esters is 1. The van der Waals surface area contributed by atoms with Crippen molar-refractivity contribution in [2.24, 2.45) is 4.99 Å². The van der Waals surface area contributed by atoms with E-state index in [2.05, 4.69) is 25.7 Å². The molecule has 0 atom stereocenters. The number of carbonyl (C=O) groups is 2. The number of rotatable bonds is 4. The summed E-state index contributed by atoms with van der Waals surface area (Å²) in [6, 6.07) is 16.0. The van der Waals surface area contributed by atoms with Gasteiger partial charge in [-0.05, 0) is 17.7 Å².